The van der Waals surface area contributed by atoms with Crippen molar-refractivity contribution in [2.24, 2.45) is 0 Å². The first-order chi connectivity index (χ1) is 31.3. The maximum atomic E-state index is 2.82. The summed E-state index contributed by atoms with van der Waals surface area (Å²) in [6.07, 6.45) is 7.15. The average Bonchev–Trinajstić information content (AvgIpc) is 3.51. The molecule has 67 heavy (non-hydrogen) atoms. The van der Waals surface area contributed by atoms with Gasteiger partial charge in [0.2, 0.25) is 0 Å². The van der Waals surface area contributed by atoms with Gasteiger partial charge in [-0.15, -0.1) is 0 Å². The molecule has 342 valence electrons. The molecule has 0 spiro atoms. The van der Waals surface area contributed by atoms with Crippen LogP contribution in [-0.2, 0) is 37.9 Å². The average molecular weight is 881 g/mol. The summed E-state index contributed by atoms with van der Waals surface area (Å²) in [6, 6.07) is 40.1. The zero-order valence-electron chi connectivity index (χ0n) is 43.5. The van der Waals surface area contributed by atoms with E-state index < -0.39 is 0 Å². The predicted octanol–water partition coefficient (Wildman–Crippen LogP) is 16.1. The highest BCUT2D eigenvalue weighted by atomic mass is 15.2. The quantitative estimate of drug-likeness (QED) is 0.160. The van der Waals surface area contributed by atoms with E-state index in [1.54, 1.807) is 0 Å². The molecule has 0 N–H and O–H groups in total. The number of aryl methyl sites for hydroxylation is 1. The van der Waals surface area contributed by atoms with E-state index >= 15 is 0 Å². The zero-order valence-corrected chi connectivity index (χ0v) is 43.5. The van der Waals surface area contributed by atoms with E-state index in [9.17, 15) is 0 Å². The number of hydrogen-bond acceptors (Lipinski definition) is 2. The van der Waals surface area contributed by atoms with Crippen LogP contribution in [0.15, 0.2) is 97.1 Å². The normalized spacial score (nSPS) is 21.7. The number of anilines is 5. The molecule has 0 bridgehead atoms. The van der Waals surface area contributed by atoms with E-state index in [0.717, 1.165) is 0 Å². The van der Waals surface area contributed by atoms with Crippen LogP contribution in [0.25, 0.3) is 22.3 Å². The van der Waals surface area contributed by atoms with Crippen molar-refractivity contribution in [1.82, 2.24) is 0 Å². The third-order valence-electron chi connectivity index (χ3n) is 19.1. The second-order valence-corrected chi connectivity index (χ2v) is 26.6. The van der Waals surface area contributed by atoms with Crippen molar-refractivity contribution < 1.29 is 0 Å². The molecule has 0 unspecified atom stereocenters. The molecule has 0 saturated heterocycles. The van der Waals surface area contributed by atoms with Gasteiger partial charge in [-0.2, -0.15) is 0 Å². The first kappa shape index (κ1) is 43.3. The molecule has 0 saturated carbocycles. The molecule has 4 aliphatic carbocycles. The monoisotopic (exact) mass is 881 g/mol. The molecule has 2 heterocycles. The fraction of sp³-hybridized carbons (Fsp3) is 0.438. The highest BCUT2D eigenvalue weighted by Crippen LogP contribution is 2.59. The summed E-state index contributed by atoms with van der Waals surface area (Å²) in [5.41, 5.74) is 28.7. The van der Waals surface area contributed by atoms with Crippen molar-refractivity contribution in [3.63, 3.8) is 0 Å². The van der Waals surface area contributed by atoms with Crippen LogP contribution in [0.1, 0.15) is 186 Å². The van der Waals surface area contributed by atoms with Crippen molar-refractivity contribution in [3.8, 4) is 22.3 Å². The maximum absolute atomic E-state index is 2.82. The lowest BCUT2D eigenvalue weighted by atomic mass is 9.42. The summed E-state index contributed by atoms with van der Waals surface area (Å²) < 4.78 is 0. The highest BCUT2D eigenvalue weighted by Gasteiger charge is 2.51. The summed E-state index contributed by atoms with van der Waals surface area (Å²) in [5.74, 6) is 0. The van der Waals surface area contributed by atoms with Crippen molar-refractivity contribution in [3.05, 3.63) is 147 Å². The van der Waals surface area contributed by atoms with E-state index in [4.69, 9.17) is 0 Å². The molecular formula is C64H73BN2. The Kier molecular flexibility index (Phi) is 8.65. The smallest absolute Gasteiger partial charge is 0.333 e. The van der Waals surface area contributed by atoms with Crippen molar-refractivity contribution >= 4 is 46.2 Å². The van der Waals surface area contributed by atoms with Crippen LogP contribution in [0.3, 0.4) is 0 Å². The fourth-order valence-corrected chi connectivity index (χ4v) is 14.4. The molecule has 0 atom stereocenters. The first-order valence-electron chi connectivity index (χ1n) is 25.8. The minimum Gasteiger partial charge on any atom is -0.376 e. The molecule has 0 radical (unpaired) electrons. The van der Waals surface area contributed by atoms with Crippen LogP contribution in [0.4, 0.5) is 28.4 Å². The topological polar surface area (TPSA) is 6.48 Å². The Labute approximate surface area is 403 Å². The van der Waals surface area contributed by atoms with Gasteiger partial charge in [-0.1, -0.05) is 152 Å². The number of hydrogen-bond donors (Lipinski definition) is 0. The summed E-state index contributed by atoms with van der Waals surface area (Å²) in [6.45, 7) is 37.0. The van der Waals surface area contributed by atoms with Gasteiger partial charge < -0.3 is 9.71 Å². The lowest BCUT2D eigenvalue weighted by Gasteiger charge is -2.49. The number of fused-ring (bicyclic) bond motifs is 11. The van der Waals surface area contributed by atoms with Crippen molar-refractivity contribution in [2.75, 3.05) is 9.71 Å². The first-order valence-corrected chi connectivity index (χ1v) is 25.8. The molecule has 12 rings (SSSR count). The van der Waals surface area contributed by atoms with E-state index in [1.807, 2.05) is 0 Å². The van der Waals surface area contributed by atoms with Gasteiger partial charge in [0.15, 0.2) is 0 Å². The summed E-state index contributed by atoms with van der Waals surface area (Å²) in [7, 11) is 0. The third kappa shape index (κ3) is 5.88. The van der Waals surface area contributed by atoms with Crippen LogP contribution in [0.5, 0.6) is 0 Å². The SMILES string of the molecule is Cc1cc2c3c(c1)N(c1ccc4c(c1)C(C)(C)CCC4(C)C)c1cc4c(cc1B3N(c1ccc3c(c1)C(C)(C)CCC3(C)C)c1ccc3c(c1-2)-c1ccccc1C3(C)C)C(C)(C)CCC4(C)C. The second kappa shape index (κ2) is 13.4. The van der Waals surface area contributed by atoms with Crippen molar-refractivity contribution in [1.29, 1.82) is 0 Å². The molecule has 6 aliphatic rings. The highest BCUT2D eigenvalue weighted by molar-refractivity contribution is 6.93. The van der Waals surface area contributed by atoms with Crippen LogP contribution in [0.2, 0.25) is 0 Å². The largest absolute Gasteiger partial charge is 0.376 e. The summed E-state index contributed by atoms with van der Waals surface area (Å²) >= 11 is 0. The Morgan fingerprint density at radius 2 is 0.881 bits per heavy atom. The summed E-state index contributed by atoms with van der Waals surface area (Å²) in [4.78, 5) is 5.56. The third-order valence-corrected chi connectivity index (χ3v) is 19.1. The van der Waals surface area contributed by atoms with E-state index in [2.05, 4.69) is 211 Å². The Morgan fingerprint density at radius 3 is 1.48 bits per heavy atom. The number of rotatable bonds is 2. The predicted molar refractivity (Wildman–Crippen MR) is 288 cm³/mol. The van der Waals surface area contributed by atoms with E-state index in [1.165, 1.54) is 150 Å². The Hall–Kier alpha value is -5.02. The maximum Gasteiger partial charge on any atom is 0.333 e. The van der Waals surface area contributed by atoms with Gasteiger partial charge in [0.25, 0.3) is 0 Å². The number of nitrogens with zero attached hydrogens (tertiary/aromatic N) is 2. The van der Waals surface area contributed by atoms with Gasteiger partial charge in [-0.05, 0) is 198 Å². The van der Waals surface area contributed by atoms with Gasteiger partial charge in [-0.25, -0.2) is 0 Å². The minimum absolute atomic E-state index is 0.0380. The molecule has 2 aliphatic heterocycles. The summed E-state index contributed by atoms with van der Waals surface area (Å²) in [5, 5.41) is 0. The van der Waals surface area contributed by atoms with Gasteiger partial charge >= 0.3 is 6.85 Å². The molecule has 0 amide bonds. The standard InChI is InChI=1S/C64H73BN2/c1-38-32-42-56-52(25-24-46-55(56)41-18-16-17-19-43(41)64(46,14)15)67(40-21-23-45-48(35-40)61(8,9)29-27-59(45,4)5)65-51-36-49-50(63(12,13)31-30-62(49,10)11)37-53(51)66(54(33-38)57(42)65)39-20-22-44-47(34-39)60(6,7)28-26-58(44,2)3/h16-25,32-37H,26-31H2,1-15H3. The van der Waals surface area contributed by atoms with Crippen LogP contribution >= 0.6 is 0 Å². The minimum atomic E-state index is -0.117. The lowest BCUT2D eigenvalue weighted by molar-refractivity contribution is 0.332. The van der Waals surface area contributed by atoms with Gasteiger partial charge in [0.1, 0.15) is 0 Å². The van der Waals surface area contributed by atoms with E-state index in [-0.39, 0.29) is 44.8 Å². The van der Waals surface area contributed by atoms with Crippen LogP contribution in [-0.4, -0.2) is 6.85 Å². The van der Waals surface area contributed by atoms with Crippen LogP contribution < -0.4 is 20.6 Å². The van der Waals surface area contributed by atoms with Crippen LogP contribution in [0, 0.1) is 6.92 Å². The molecule has 6 aromatic carbocycles. The molecule has 0 fully saturated rings. The Morgan fingerprint density at radius 1 is 0.388 bits per heavy atom. The zero-order chi connectivity index (χ0) is 47.3. The molecule has 6 aromatic rings. The number of benzene rings is 6. The van der Waals surface area contributed by atoms with Gasteiger partial charge in [0.05, 0.1) is 0 Å². The lowest BCUT2D eigenvalue weighted by Crippen LogP contribution is -2.62. The second-order valence-electron chi connectivity index (χ2n) is 26.6. The fourth-order valence-electron chi connectivity index (χ4n) is 14.4. The molecule has 0 aromatic heterocycles. The molecular weight excluding hydrogens is 808 g/mol. The van der Waals surface area contributed by atoms with Crippen molar-refractivity contribution in [2.45, 2.75) is 180 Å². The van der Waals surface area contributed by atoms with Gasteiger partial charge in [0, 0.05) is 39.4 Å². The van der Waals surface area contributed by atoms with E-state index in [0.29, 0.717) is 0 Å². The molecule has 2 nitrogen and oxygen atoms in total. The van der Waals surface area contributed by atoms with Gasteiger partial charge in [-0.3, -0.25) is 0 Å². The Bertz CT molecular complexity index is 3150. The molecule has 3 heteroatoms. The Balaban J connectivity index is 1.23.